The topological polar surface area (TPSA) is 89.2 Å². The maximum Gasteiger partial charge on any atom is 0.279 e. The average Bonchev–Trinajstić information content (AvgIpc) is 3.22. The minimum Gasteiger partial charge on any atom is -0.353 e. The molecule has 0 bridgehead atoms. The van der Waals surface area contributed by atoms with Gasteiger partial charge in [-0.3, -0.25) is 9.59 Å². The Morgan fingerprint density at radius 2 is 1.72 bits per heavy atom. The number of carbonyl (C=O) groups is 1. The lowest BCUT2D eigenvalue weighted by Crippen LogP contribution is -2.49. The zero-order chi connectivity index (χ0) is 22.2. The summed E-state index contributed by atoms with van der Waals surface area (Å²) in [6, 6.07) is 13.5. The van der Waals surface area contributed by atoms with Gasteiger partial charge in [0, 0.05) is 39.4 Å². The molecule has 0 N–H and O–H groups in total. The van der Waals surface area contributed by atoms with Gasteiger partial charge in [0.1, 0.15) is 11.3 Å². The van der Waals surface area contributed by atoms with E-state index in [-0.39, 0.29) is 17.2 Å². The summed E-state index contributed by atoms with van der Waals surface area (Å²) in [5.74, 6) is 0.682. The molecule has 3 aromatic heterocycles. The predicted molar refractivity (Wildman–Crippen MR) is 121 cm³/mol. The fraction of sp³-hybridized carbons (Fsp3) is 0.261. The molecular weight excluding hydrogens is 406 g/mol. The van der Waals surface area contributed by atoms with E-state index in [4.69, 9.17) is 0 Å². The number of anilines is 1. The van der Waals surface area contributed by atoms with E-state index in [9.17, 15) is 9.59 Å². The van der Waals surface area contributed by atoms with Crippen molar-refractivity contribution in [3.63, 3.8) is 0 Å². The second kappa shape index (κ2) is 7.92. The molecule has 9 nitrogen and oxygen atoms in total. The van der Waals surface area contributed by atoms with E-state index in [2.05, 4.69) is 20.0 Å². The Kier molecular flexibility index (Phi) is 4.93. The van der Waals surface area contributed by atoms with E-state index < -0.39 is 0 Å². The van der Waals surface area contributed by atoms with Crippen LogP contribution in [0, 0.1) is 6.92 Å². The van der Waals surface area contributed by atoms with Crippen LogP contribution in [0.3, 0.4) is 0 Å². The van der Waals surface area contributed by atoms with Crippen LogP contribution in [0.5, 0.6) is 0 Å². The van der Waals surface area contributed by atoms with Gasteiger partial charge in [-0.1, -0.05) is 23.8 Å². The summed E-state index contributed by atoms with van der Waals surface area (Å²) in [4.78, 5) is 39.0. The SMILES string of the molecule is Cc1ccc(-n2nc(C(=O)N3CCN(c4ccccn4)CC3)c3ncn(C)c(=O)c32)cc1. The maximum absolute atomic E-state index is 13.4. The summed E-state index contributed by atoms with van der Waals surface area (Å²) >= 11 is 0. The van der Waals surface area contributed by atoms with Gasteiger partial charge >= 0.3 is 0 Å². The number of nitrogens with zero attached hydrogens (tertiary/aromatic N) is 7. The van der Waals surface area contributed by atoms with Gasteiger partial charge in [0.05, 0.1) is 12.0 Å². The van der Waals surface area contributed by atoms with E-state index in [0.29, 0.717) is 42.9 Å². The first-order valence-electron chi connectivity index (χ1n) is 10.5. The third-order valence-electron chi connectivity index (χ3n) is 5.76. The van der Waals surface area contributed by atoms with Crippen LogP contribution in [0.2, 0.25) is 0 Å². The number of hydrogen-bond donors (Lipinski definition) is 0. The molecule has 0 atom stereocenters. The van der Waals surface area contributed by atoms with Gasteiger partial charge in [-0.05, 0) is 31.2 Å². The lowest BCUT2D eigenvalue weighted by atomic mass is 10.2. The molecular formula is C23H23N7O2. The molecule has 162 valence electrons. The van der Waals surface area contributed by atoms with Crippen molar-refractivity contribution < 1.29 is 4.79 Å². The van der Waals surface area contributed by atoms with Crippen molar-refractivity contribution in [1.29, 1.82) is 0 Å². The first-order valence-corrected chi connectivity index (χ1v) is 10.5. The second-order valence-electron chi connectivity index (χ2n) is 7.92. The molecule has 9 heteroatoms. The van der Waals surface area contributed by atoms with Gasteiger partial charge in [-0.15, -0.1) is 0 Å². The Morgan fingerprint density at radius 3 is 2.41 bits per heavy atom. The molecule has 32 heavy (non-hydrogen) atoms. The average molecular weight is 429 g/mol. The maximum atomic E-state index is 13.4. The minimum absolute atomic E-state index is 0.199. The fourth-order valence-electron chi connectivity index (χ4n) is 3.93. The number of piperazine rings is 1. The third-order valence-corrected chi connectivity index (χ3v) is 5.76. The Labute approximate surface area is 184 Å². The third kappa shape index (κ3) is 3.41. The fourth-order valence-corrected chi connectivity index (χ4v) is 3.93. The van der Waals surface area contributed by atoms with E-state index in [1.54, 1.807) is 18.1 Å². The highest BCUT2D eigenvalue weighted by molar-refractivity contribution is 6.03. The molecule has 4 heterocycles. The van der Waals surface area contributed by atoms with Crippen molar-refractivity contribution >= 4 is 22.8 Å². The van der Waals surface area contributed by atoms with Crippen LogP contribution in [0.4, 0.5) is 5.82 Å². The van der Waals surface area contributed by atoms with Crippen molar-refractivity contribution in [3.05, 3.63) is 76.6 Å². The molecule has 1 aromatic carbocycles. The van der Waals surface area contributed by atoms with Crippen LogP contribution in [-0.2, 0) is 7.05 Å². The first-order chi connectivity index (χ1) is 15.5. The number of aromatic nitrogens is 5. The number of benzene rings is 1. The minimum atomic E-state index is -0.248. The Hall–Kier alpha value is -4.01. The van der Waals surface area contributed by atoms with E-state index in [1.165, 1.54) is 15.6 Å². The van der Waals surface area contributed by atoms with Crippen molar-refractivity contribution in [2.24, 2.45) is 7.05 Å². The molecule has 0 saturated carbocycles. The van der Waals surface area contributed by atoms with E-state index >= 15 is 0 Å². The number of pyridine rings is 1. The van der Waals surface area contributed by atoms with Crippen molar-refractivity contribution in [2.75, 3.05) is 31.1 Å². The van der Waals surface area contributed by atoms with E-state index in [1.807, 2.05) is 49.4 Å². The van der Waals surface area contributed by atoms with Gasteiger partial charge in [0.2, 0.25) is 0 Å². The van der Waals surface area contributed by atoms with Crippen LogP contribution in [0.1, 0.15) is 16.1 Å². The highest BCUT2D eigenvalue weighted by Crippen LogP contribution is 2.21. The number of aryl methyl sites for hydroxylation is 2. The molecule has 0 unspecified atom stereocenters. The lowest BCUT2D eigenvalue weighted by molar-refractivity contribution is 0.0742. The largest absolute Gasteiger partial charge is 0.353 e. The van der Waals surface area contributed by atoms with Crippen LogP contribution < -0.4 is 10.5 Å². The number of fused-ring (bicyclic) bond motifs is 1. The number of carbonyl (C=O) groups excluding carboxylic acids is 1. The quantitative estimate of drug-likeness (QED) is 0.493. The van der Waals surface area contributed by atoms with Crippen LogP contribution in [-0.4, -0.2) is 61.3 Å². The first kappa shape index (κ1) is 19.9. The van der Waals surface area contributed by atoms with Gasteiger partial charge in [-0.25, -0.2) is 14.6 Å². The lowest BCUT2D eigenvalue weighted by Gasteiger charge is -2.35. The molecule has 4 aromatic rings. The van der Waals surface area contributed by atoms with Crippen LogP contribution >= 0.6 is 0 Å². The Bertz CT molecular complexity index is 1330. The molecule has 0 spiro atoms. The molecule has 1 amide bonds. The van der Waals surface area contributed by atoms with E-state index in [0.717, 1.165) is 11.4 Å². The van der Waals surface area contributed by atoms with Gasteiger partial charge < -0.3 is 14.4 Å². The van der Waals surface area contributed by atoms with Gasteiger partial charge in [0.15, 0.2) is 11.2 Å². The highest BCUT2D eigenvalue weighted by Gasteiger charge is 2.28. The summed E-state index contributed by atoms with van der Waals surface area (Å²) in [5, 5.41) is 4.57. The zero-order valence-corrected chi connectivity index (χ0v) is 18.0. The van der Waals surface area contributed by atoms with Gasteiger partial charge in [-0.2, -0.15) is 5.10 Å². The smallest absolute Gasteiger partial charge is 0.279 e. The monoisotopic (exact) mass is 429 g/mol. The zero-order valence-electron chi connectivity index (χ0n) is 18.0. The molecule has 1 fully saturated rings. The number of hydrogen-bond acceptors (Lipinski definition) is 6. The molecule has 1 saturated heterocycles. The molecule has 0 radical (unpaired) electrons. The van der Waals surface area contributed by atoms with Gasteiger partial charge in [0.25, 0.3) is 11.5 Å². The molecule has 5 rings (SSSR count). The second-order valence-corrected chi connectivity index (χ2v) is 7.92. The summed E-state index contributed by atoms with van der Waals surface area (Å²) in [7, 11) is 1.64. The molecule has 1 aliphatic heterocycles. The Morgan fingerprint density at radius 1 is 0.969 bits per heavy atom. The summed E-state index contributed by atoms with van der Waals surface area (Å²) in [6.07, 6.45) is 3.20. The Balaban J connectivity index is 1.49. The van der Waals surface area contributed by atoms with Crippen LogP contribution in [0.25, 0.3) is 16.7 Å². The highest BCUT2D eigenvalue weighted by atomic mass is 16.2. The van der Waals surface area contributed by atoms with Crippen molar-refractivity contribution in [3.8, 4) is 5.69 Å². The molecule has 0 aliphatic carbocycles. The predicted octanol–water partition coefficient (Wildman–Crippen LogP) is 1.79. The van der Waals surface area contributed by atoms with Crippen molar-refractivity contribution in [1.82, 2.24) is 29.2 Å². The van der Waals surface area contributed by atoms with Crippen molar-refractivity contribution in [2.45, 2.75) is 6.92 Å². The standard InChI is InChI=1S/C23H23N7O2/c1-16-6-8-17(9-7-16)30-21-19(25-15-27(2)23(21)32)20(26-30)22(31)29-13-11-28(12-14-29)18-5-3-4-10-24-18/h3-10,15H,11-14H2,1-2H3. The molecule has 1 aliphatic rings. The number of amides is 1. The number of rotatable bonds is 3. The normalized spacial score (nSPS) is 14.2. The summed E-state index contributed by atoms with van der Waals surface area (Å²) in [5.41, 5.74) is 2.38. The summed E-state index contributed by atoms with van der Waals surface area (Å²) < 4.78 is 2.93. The summed E-state index contributed by atoms with van der Waals surface area (Å²) in [6.45, 7) is 4.42. The van der Waals surface area contributed by atoms with Crippen LogP contribution in [0.15, 0.2) is 59.8 Å².